The number of hydrogen-bond acceptors (Lipinski definition) is 4. The van der Waals surface area contributed by atoms with E-state index in [2.05, 4.69) is 45.7 Å². The van der Waals surface area contributed by atoms with Gasteiger partial charge in [0.25, 0.3) is 0 Å². The van der Waals surface area contributed by atoms with E-state index in [1.807, 2.05) is 31.2 Å². The molecule has 0 saturated heterocycles. The van der Waals surface area contributed by atoms with Crippen LogP contribution in [0.4, 0.5) is 0 Å². The zero-order valence-electron chi connectivity index (χ0n) is 14.9. The van der Waals surface area contributed by atoms with Crippen LogP contribution in [0.2, 0.25) is 0 Å². The molecule has 0 radical (unpaired) electrons. The fraction of sp³-hybridized carbons (Fsp3) is 0.500. The number of para-hydroxylation sites is 1. The molecule has 0 aliphatic carbocycles. The fourth-order valence-electron chi connectivity index (χ4n) is 2.75. The summed E-state index contributed by atoms with van der Waals surface area (Å²) in [7, 11) is 3.92. The summed E-state index contributed by atoms with van der Waals surface area (Å²) in [5, 5.41) is 9.41. The van der Waals surface area contributed by atoms with E-state index in [1.165, 1.54) is 16.6 Å². The second-order valence-electron chi connectivity index (χ2n) is 5.88. The van der Waals surface area contributed by atoms with Gasteiger partial charge in [-0.25, -0.2) is 5.01 Å². The summed E-state index contributed by atoms with van der Waals surface area (Å²) in [5.74, 6) is 0.0959. The minimum atomic E-state index is 0.0959. The van der Waals surface area contributed by atoms with Gasteiger partial charge in [0.1, 0.15) is 0 Å². The number of nitrogens with one attached hydrogen (secondary N) is 3. The summed E-state index contributed by atoms with van der Waals surface area (Å²) in [5.41, 5.74) is 5.50. The Labute approximate surface area is 144 Å². The third kappa shape index (κ3) is 5.06. The normalized spacial score (nSPS) is 11.3. The van der Waals surface area contributed by atoms with Crippen molar-refractivity contribution in [2.24, 2.45) is 0 Å². The summed E-state index contributed by atoms with van der Waals surface area (Å²) in [6, 6.07) is 10.5. The number of carbonyl (C=O) groups is 1. The molecule has 0 fully saturated rings. The summed E-state index contributed by atoms with van der Waals surface area (Å²) < 4.78 is 2.24. The molecule has 0 unspecified atom stereocenters. The molecule has 132 valence electrons. The molecular weight excluding hydrogens is 302 g/mol. The van der Waals surface area contributed by atoms with Crippen LogP contribution in [0.25, 0.3) is 10.9 Å². The molecular formula is C18H29N5O. The van der Waals surface area contributed by atoms with Gasteiger partial charge in [-0.1, -0.05) is 25.1 Å². The van der Waals surface area contributed by atoms with E-state index in [0.717, 1.165) is 19.6 Å². The molecule has 0 aliphatic rings. The molecule has 0 spiro atoms. The second-order valence-corrected chi connectivity index (χ2v) is 5.88. The molecule has 2 rings (SSSR count). The highest BCUT2D eigenvalue weighted by molar-refractivity contribution is 5.82. The molecule has 1 aromatic heterocycles. The molecule has 24 heavy (non-hydrogen) atoms. The number of rotatable bonds is 10. The first kappa shape index (κ1) is 18.4. The molecule has 1 amide bonds. The van der Waals surface area contributed by atoms with Crippen LogP contribution in [0.5, 0.6) is 0 Å². The van der Waals surface area contributed by atoms with Crippen molar-refractivity contribution in [3.05, 3.63) is 36.0 Å². The Morgan fingerprint density at radius 3 is 2.79 bits per heavy atom. The lowest BCUT2D eigenvalue weighted by molar-refractivity contribution is -0.121. The number of aryl methyl sites for hydroxylation is 1. The van der Waals surface area contributed by atoms with Crippen LogP contribution in [0.3, 0.4) is 0 Å². The predicted octanol–water partition coefficient (Wildman–Crippen LogP) is 1.32. The summed E-state index contributed by atoms with van der Waals surface area (Å²) in [6.45, 7) is 5.94. The third-order valence-electron chi connectivity index (χ3n) is 4.11. The van der Waals surface area contributed by atoms with Gasteiger partial charge >= 0.3 is 0 Å². The zero-order valence-corrected chi connectivity index (χ0v) is 14.9. The minimum absolute atomic E-state index is 0.0959. The van der Waals surface area contributed by atoms with E-state index in [1.54, 1.807) is 0 Å². The molecule has 3 N–H and O–H groups in total. The van der Waals surface area contributed by atoms with Crippen molar-refractivity contribution in [1.82, 2.24) is 25.6 Å². The highest BCUT2D eigenvalue weighted by Gasteiger charge is 2.11. The maximum Gasteiger partial charge on any atom is 0.221 e. The largest absolute Gasteiger partial charge is 0.355 e. The van der Waals surface area contributed by atoms with E-state index in [-0.39, 0.29) is 5.91 Å². The SMILES string of the molecule is CCNCCNC(=O)CCn1c(CN(C)NC)cc2ccccc21. The first-order chi connectivity index (χ1) is 11.7. The van der Waals surface area contributed by atoms with Crippen LogP contribution in [0, 0.1) is 0 Å². The first-order valence-electron chi connectivity index (χ1n) is 8.58. The Morgan fingerprint density at radius 2 is 2.04 bits per heavy atom. The van der Waals surface area contributed by atoms with Crippen LogP contribution >= 0.6 is 0 Å². The molecule has 2 aromatic rings. The molecule has 1 heterocycles. The Kier molecular flexibility index (Phi) is 7.24. The quantitative estimate of drug-likeness (QED) is 0.454. The first-order valence-corrected chi connectivity index (χ1v) is 8.58. The van der Waals surface area contributed by atoms with Crippen molar-refractivity contribution in [2.75, 3.05) is 33.7 Å². The van der Waals surface area contributed by atoms with E-state index >= 15 is 0 Å². The van der Waals surface area contributed by atoms with Crippen molar-refractivity contribution in [3.8, 4) is 0 Å². The van der Waals surface area contributed by atoms with E-state index in [4.69, 9.17) is 0 Å². The number of carbonyl (C=O) groups excluding carboxylic acids is 1. The van der Waals surface area contributed by atoms with Crippen LogP contribution in [0.1, 0.15) is 19.0 Å². The van der Waals surface area contributed by atoms with Crippen LogP contribution in [-0.4, -0.2) is 49.2 Å². The average molecular weight is 331 g/mol. The molecule has 0 saturated carbocycles. The average Bonchev–Trinajstić information content (AvgIpc) is 2.93. The Hall–Kier alpha value is -1.89. The van der Waals surface area contributed by atoms with Crippen molar-refractivity contribution in [2.45, 2.75) is 26.4 Å². The predicted molar refractivity (Wildman–Crippen MR) is 98.6 cm³/mol. The number of nitrogens with zero attached hydrogens (tertiary/aromatic N) is 2. The van der Waals surface area contributed by atoms with Gasteiger partial charge in [0.05, 0.1) is 6.54 Å². The van der Waals surface area contributed by atoms with E-state index < -0.39 is 0 Å². The molecule has 6 heteroatoms. The second kappa shape index (κ2) is 9.42. The van der Waals surface area contributed by atoms with Gasteiger partial charge in [-0.3, -0.25) is 10.2 Å². The monoisotopic (exact) mass is 331 g/mol. The van der Waals surface area contributed by atoms with Gasteiger partial charge in [-0.05, 0) is 31.1 Å². The number of fused-ring (bicyclic) bond motifs is 1. The van der Waals surface area contributed by atoms with Gasteiger partial charge in [0, 0.05) is 44.3 Å². The van der Waals surface area contributed by atoms with Gasteiger partial charge < -0.3 is 15.2 Å². The summed E-state index contributed by atoms with van der Waals surface area (Å²) >= 11 is 0. The van der Waals surface area contributed by atoms with Gasteiger partial charge in [0.2, 0.25) is 5.91 Å². The molecule has 0 bridgehead atoms. The maximum atomic E-state index is 12.1. The van der Waals surface area contributed by atoms with Gasteiger partial charge in [-0.2, -0.15) is 0 Å². The lowest BCUT2D eigenvalue weighted by Crippen LogP contribution is -2.33. The Balaban J connectivity index is 2.03. The Bertz CT molecular complexity index is 652. The zero-order chi connectivity index (χ0) is 17.4. The number of aromatic nitrogens is 1. The van der Waals surface area contributed by atoms with Gasteiger partial charge in [0.15, 0.2) is 0 Å². The Morgan fingerprint density at radius 1 is 1.25 bits per heavy atom. The summed E-state index contributed by atoms with van der Waals surface area (Å²) in [4.78, 5) is 12.1. The highest BCUT2D eigenvalue weighted by atomic mass is 16.1. The number of benzene rings is 1. The maximum absolute atomic E-state index is 12.1. The van der Waals surface area contributed by atoms with Crippen LogP contribution in [-0.2, 0) is 17.9 Å². The number of likely N-dealkylation sites (N-methyl/N-ethyl adjacent to an activating group) is 1. The highest BCUT2D eigenvalue weighted by Crippen LogP contribution is 2.21. The molecule has 0 atom stereocenters. The number of hydrogen-bond donors (Lipinski definition) is 3. The molecule has 0 aliphatic heterocycles. The molecule has 6 nitrogen and oxygen atoms in total. The summed E-state index contributed by atoms with van der Waals surface area (Å²) in [6.07, 6.45) is 0.487. The van der Waals surface area contributed by atoms with Crippen molar-refractivity contribution >= 4 is 16.8 Å². The topological polar surface area (TPSA) is 61.3 Å². The third-order valence-corrected chi connectivity index (χ3v) is 4.11. The minimum Gasteiger partial charge on any atom is -0.355 e. The van der Waals surface area contributed by atoms with E-state index in [0.29, 0.717) is 19.5 Å². The van der Waals surface area contributed by atoms with Crippen molar-refractivity contribution < 1.29 is 4.79 Å². The lowest BCUT2D eigenvalue weighted by atomic mass is 10.2. The number of hydrazine groups is 1. The van der Waals surface area contributed by atoms with Gasteiger partial charge in [-0.15, -0.1) is 0 Å². The lowest BCUT2D eigenvalue weighted by Gasteiger charge is -2.17. The standard InChI is InChI=1S/C18H29N5O/c1-4-20-10-11-21-18(24)9-12-23-16(14-22(3)19-2)13-15-7-5-6-8-17(15)23/h5-8,13,19-20H,4,9-12,14H2,1-3H3,(H,21,24). The van der Waals surface area contributed by atoms with Crippen molar-refractivity contribution in [1.29, 1.82) is 0 Å². The molecule has 1 aromatic carbocycles. The number of amides is 1. The smallest absolute Gasteiger partial charge is 0.221 e. The fourth-order valence-corrected chi connectivity index (χ4v) is 2.75. The van der Waals surface area contributed by atoms with Crippen LogP contribution < -0.4 is 16.1 Å². The van der Waals surface area contributed by atoms with Crippen LogP contribution in [0.15, 0.2) is 30.3 Å². The van der Waals surface area contributed by atoms with Crippen molar-refractivity contribution in [3.63, 3.8) is 0 Å². The van der Waals surface area contributed by atoms with E-state index in [9.17, 15) is 4.79 Å².